The van der Waals surface area contributed by atoms with Crippen LogP contribution in [0.1, 0.15) is 12.0 Å². The number of carbonyl (C=O) groups excluding carboxylic acids is 1. The Morgan fingerprint density at radius 1 is 1.38 bits per heavy atom. The van der Waals surface area contributed by atoms with E-state index in [9.17, 15) is 9.18 Å². The van der Waals surface area contributed by atoms with E-state index >= 15 is 0 Å². The van der Waals surface area contributed by atoms with Gasteiger partial charge in [0.05, 0.1) is 0 Å². The van der Waals surface area contributed by atoms with Gasteiger partial charge in [0.2, 0.25) is 5.91 Å². The van der Waals surface area contributed by atoms with Crippen molar-refractivity contribution < 1.29 is 9.18 Å². The second-order valence-corrected chi connectivity index (χ2v) is 3.58. The number of carbonyl (C=O) groups is 1. The zero-order chi connectivity index (χ0) is 11.8. The van der Waals surface area contributed by atoms with Gasteiger partial charge in [-0.25, -0.2) is 4.39 Å². The van der Waals surface area contributed by atoms with E-state index in [1.54, 1.807) is 13.1 Å². The predicted molar refractivity (Wildman–Crippen MR) is 61.7 cm³/mol. The molecule has 0 radical (unpaired) electrons. The highest BCUT2D eigenvalue weighted by molar-refractivity contribution is 5.76. The molecule has 0 saturated carbocycles. The fourth-order valence-corrected chi connectivity index (χ4v) is 1.37. The van der Waals surface area contributed by atoms with Gasteiger partial charge in [0.1, 0.15) is 5.82 Å². The number of halogens is 1. The average Bonchev–Trinajstić information content (AvgIpc) is 2.26. The molecular weight excluding hydrogens is 207 g/mol. The van der Waals surface area contributed by atoms with Gasteiger partial charge >= 0.3 is 0 Å². The molecule has 88 valence electrons. The van der Waals surface area contributed by atoms with E-state index in [1.165, 1.54) is 12.1 Å². The van der Waals surface area contributed by atoms with E-state index < -0.39 is 0 Å². The van der Waals surface area contributed by atoms with Crippen LogP contribution in [0.2, 0.25) is 0 Å². The Labute approximate surface area is 95.0 Å². The minimum Gasteiger partial charge on any atom is -0.356 e. The Morgan fingerprint density at radius 3 is 2.88 bits per heavy atom. The SMILES string of the molecule is CNCCC(=O)NCCc1cccc(F)c1. The van der Waals surface area contributed by atoms with E-state index in [0.717, 1.165) is 5.56 Å². The summed E-state index contributed by atoms with van der Waals surface area (Å²) in [5, 5.41) is 5.69. The molecule has 0 aliphatic heterocycles. The number of hydrogen-bond acceptors (Lipinski definition) is 2. The van der Waals surface area contributed by atoms with Crippen LogP contribution in [0.25, 0.3) is 0 Å². The van der Waals surface area contributed by atoms with Crippen molar-refractivity contribution in [2.45, 2.75) is 12.8 Å². The molecule has 0 atom stereocenters. The van der Waals surface area contributed by atoms with Crippen LogP contribution in [0.15, 0.2) is 24.3 Å². The predicted octanol–water partition coefficient (Wildman–Crippen LogP) is 1.09. The lowest BCUT2D eigenvalue weighted by atomic mass is 10.1. The van der Waals surface area contributed by atoms with Crippen molar-refractivity contribution in [2.24, 2.45) is 0 Å². The van der Waals surface area contributed by atoms with Crippen LogP contribution in [-0.4, -0.2) is 26.0 Å². The number of nitrogens with one attached hydrogen (secondary N) is 2. The maximum absolute atomic E-state index is 12.8. The Kier molecular flexibility index (Phi) is 5.50. The minimum absolute atomic E-state index is 0.0192. The van der Waals surface area contributed by atoms with E-state index in [2.05, 4.69) is 10.6 Å². The summed E-state index contributed by atoms with van der Waals surface area (Å²) in [6.07, 6.45) is 1.13. The van der Waals surface area contributed by atoms with E-state index in [0.29, 0.717) is 25.9 Å². The van der Waals surface area contributed by atoms with Gasteiger partial charge < -0.3 is 10.6 Å². The molecule has 0 aromatic heterocycles. The Bertz CT molecular complexity index is 342. The fraction of sp³-hybridized carbons (Fsp3) is 0.417. The van der Waals surface area contributed by atoms with E-state index in [-0.39, 0.29) is 11.7 Å². The number of rotatable bonds is 6. The van der Waals surface area contributed by atoms with Crippen LogP contribution in [0, 0.1) is 5.82 Å². The molecule has 16 heavy (non-hydrogen) atoms. The minimum atomic E-state index is -0.237. The molecule has 3 nitrogen and oxygen atoms in total. The molecule has 0 saturated heterocycles. The first-order valence-corrected chi connectivity index (χ1v) is 5.38. The summed E-state index contributed by atoms with van der Waals surface area (Å²) in [5.41, 5.74) is 0.897. The maximum atomic E-state index is 12.8. The maximum Gasteiger partial charge on any atom is 0.221 e. The van der Waals surface area contributed by atoms with Crippen molar-refractivity contribution in [2.75, 3.05) is 20.1 Å². The summed E-state index contributed by atoms with van der Waals surface area (Å²) >= 11 is 0. The van der Waals surface area contributed by atoms with Crippen molar-refractivity contribution in [3.8, 4) is 0 Å². The van der Waals surface area contributed by atoms with Gasteiger partial charge in [-0.1, -0.05) is 12.1 Å². The number of amides is 1. The molecular formula is C12H17FN2O. The normalized spacial score (nSPS) is 10.1. The van der Waals surface area contributed by atoms with Gasteiger partial charge in [-0.2, -0.15) is 0 Å². The summed E-state index contributed by atoms with van der Waals surface area (Å²) in [6, 6.07) is 6.42. The van der Waals surface area contributed by atoms with Crippen molar-refractivity contribution >= 4 is 5.91 Å². The molecule has 4 heteroatoms. The molecule has 0 unspecified atom stereocenters. The molecule has 1 amide bonds. The molecule has 0 aliphatic rings. The van der Waals surface area contributed by atoms with Crippen LogP contribution in [0.3, 0.4) is 0 Å². The third-order valence-electron chi connectivity index (χ3n) is 2.23. The van der Waals surface area contributed by atoms with Crippen LogP contribution < -0.4 is 10.6 Å². The third-order valence-corrected chi connectivity index (χ3v) is 2.23. The summed E-state index contributed by atoms with van der Waals surface area (Å²) in [7, 11) is 1.81. The summed E-state index contributed by atoms with van der Waals surface area (Å²) in [6.45, 7) is 1.22. The highest BCUT2D eigenvalue weighted by Gasteiger charge is 2.00. The van der Waals surface area contributed by atoms with Gasteiger partial charge in [0, 0.05) is 19.5 Å². The average molecular weight is 224 g/mol. The van der Waals surface area contributed by atoms with E-state index in [1.807, 2.05) is 6.07 Å². The lowest BCUT2D eigenvalue weighted by Crippen LogP contribution is -2.28. The lowest BCUT2D eigenvalue weighted by molar-refractivity contribution is -0.120. The molecule has 1 rings (SSSR count). The summed E-state index contributed by atoms with van der Waals surface area (Å²) in [4.78, 5) is 11.2. The van der Waals surface area contributed by atoms with Gasteiger partial charge in [-0.3, -0.25) is 4.79 Å². The third kappa shape index (κ3) is 4.89. The number of benzene rings is 1. The molecule has 0 fully saturated rings. The van der Waals surface area contributed by atoms with Crippen LogP contribution >= 0.6 is 0 Å². The van der Waals surface area contributed by atoms with Gasteiger partial charge in [-0.05, 0) is 31.2 Å². The standard InChI is InChI=1S/C12H17FN2O/c1-14-7-6-12(16)15-8-5-10-3-2-4-11(13)9-10/h2-4,9,14H,5-8H2,1H3,(H,15,16). The van der Waals surface area contributed by atoms with Crippen molar-refractivity contribution in [1.82, 2.24) is 10.6 Å². The second-order valence-electron chi connectivity index (χ2n) is 3.58. The zero-order valence-corrected chi connectivity index (χ0v) is 9.42. The van der Waals surface area contributed by atoms with Gasteiger partial charge in [0.25, 0.3) is 0 Å². The van der Waals surface area contributed by atoms with Crippen molar-refractivity contribution in [3.05, 3.63) is 35.6 Å². The molecule has 2 N–H and O–H groups in total. The van der Waals surface area contributed by atoms with Crippen molar-refractivity contribution in [1.29, 1.82) is 0 Å². The van der Waals surface area contributed by atoms with Gasteiger partial charge in [0.15, 0.2) is 0 Å². The Balaban J connectivity index is 2.22. The summed E-state index contributed by atoms with van der Waals surface area (Å²) in [5.74, 6) is -0.218. The van der Waals surface area contributed by atoms with Crippen LogP contribution in [0.5, 0.6) is 0 Å². The Morgan fingerprint density at radius 2 is 2.19 bits per heavy atom. The van der Waals surface area contributed by atoms with Crippen LogP contribution in [-0.2, 0) is 11.2 Å². The molecule has 1 aromatic carbocycles. The zero-order valence-electron chi connectivity index (χ0n) is 9.42. The Hall–Kier alpha value is -1.42. The van der Waals surface area contributed by atoms with E-state index in [4.69, 9.17) is 0 Å². The number of hydrogen-bond donors (Lipinski definition) is 2. The smallest absolute Gasteiger partial charge is 0.221 e. The highest BCUT2D eigenvalue weighted by atomic mass is 19.1. The monoisotopic (exact) mass is 224 g/mol. The molecule has 0 aliphatic carbocycles. The van der Waals surface area contributed by atoms with Gasteiger partial charge in [-0.15, -0.1) is 0 Å². The topological polar surface area (TPSA) is 41.1 Å². The van der Waals surface area contributed by atoms with Crippen molar-refractivity contribution in [3.63, 3.8) is 0 Å². The second kappa shape index (κ2) is 6.95. The first-order chi connectivity index (χ1) is 7.72. The lowest BCUT2D eigenvalue weighted by Gasteiger charge is -2.05. The molecule has 0 heterocycles. The fourth-order valence-electron chi connectivity index (χ4n) is 1.37. The quantitative estimate of drug-likeness (QED) is 0.759. The first-order valence-electron chi connectivity index (χ1n) is 5.38. The highest BCUT2D eigenvalue weighted by Crippen LogP contribution is 2.03. The first kappa shape index (κ1) is 12.6. The molecule has 0 spiro atoms. The molecule has 0 bridgehead atoms. The van der Waals surface area contributed by atoms with Crippen LogP contribution in [0.4, 0.5) is 4.39 Å². The summed E-state index contributed by atoms with van der Waals surface area (Å²) < 4.78 is 12.8. The largest absolute Gasteiger partial charge is 0.356 e. The molecule has 1 aromatic rings.